The van der Waals surface area contributed by atoms with Crippen molar-refractivity contribution in [2.24, 2.45) is 0 Å². The monoisotopic (exact) mass is 177 g/mol. The molecule has 3 nitrogen and oxygen atoms in total. The van der Waals surface area contributed by atoms with E-state index >= 15 is 0 Å². The molecular formula is C10H11NO2. The molecule has 0 spiro atoms. The van der Waals surface area contributed by atoms with Crippen LogP contribution >= 0.6 is 0 Å². The molecule has 1 aliphatic heterocycles. The number of rotatable bonds is 0. The van der Waals surface area contributed by atoms with Crippen LogP contribution in [0.25, 0.3) is 0 Å². The number of hydrogen-bond acceptors (Lipinski definition) is 3. The molecule has 1 heterocycles. The third-order valence-electron chi connectivity index (χ3n) is 2.28. The number of nitrogen functional groups attached to an aromatic ring is 1. The third-order valence-corrected chi connectivity index (χ3v) is 2.28. The van der Waals surface area contributed by atoms with E-state index in [4.69, 9.17) is 10.5 Å². The lowest BCUT2D eigenvalue weighted by Gasteiger charge is -2.21. The van der Waals surface area contributed by atoms with Gasteiger partial charge in [0.2, 0.25) is 0 Å². The van der Waals surface area contributed by atoms with E-state index in [1.54, 1.807) is 12.1 Å². The van der Waals surface area contributed by atoms with Gasteiger partial charge >= 0.3 is 0 Å². The summed E-state index contributed by atoms with van der Waals surface area (Å²) in [5.41, 5.74) is 7.87. The summed E-state index contributed by atoms with van der Waals surface area (Å²) in [6.45, 7) is 2.10. The van der Waals surface area contributed by atoms with Gasteiger partial charge in [0, 0.05) is 11.3 Å². The van der Waals surface area contributed by atoms with Gasteiger partial charge < -0.3 is 10.5 Å². The normalized spacial score (nSPS) is 21.3. The van der Waals surface area contributed by atoms with Crippen LogP contribution in [0.3, 0.4) is 0 Å². The van der Waals surface area contributed by atoms with E-state index in [-0.39, 0.29) is 18.5 Å². The first-order valence-corrected chi connectivity index (χ1v) is 4.22. The van der Waals surface area contributed by atoms with E-state index in [0.29, 0.717) is 11.3 Å². The smallest absolute Gasteiger partial charge is 0.188 e. The first-order valence-electron chi connectivity index (χ1n) is 4.22. The van der Waals surface area contributed by atoms with Gasteiger partial charge in [-0.1, -0.05) is 6.07 Å². The Hall–Kier alpha value is -1.35. The van der Waals surface area contributed by atoms with Crippen molar-refractivity contribution in [3.63, 3.8) is 0 Å². The molecule has 0 saturated heterocycles. The van der Waals surface area contributed by atoms with Crippen molar-refractivity contribution in [1.82, 2.24) is 0 Å². The van der Waals surface area contributed by atoms with Crippen molar-refractivity contribution in [2.75, 3.05) is 12.3 Å². The average Bonchev–Trinajstić information content (AvgIpc) is 2.12. The van der Waals surface area contributed by atoms with Gasteiger partial charge in [0.05, 0.1) is 6.10 Å². The summed E-state index contributed by atoms with van der Waals surface area (Å²) in [4.78, 5) is 11.4. The Kier molecular flexibility index (Phi) is 1.81. The zero-order valence-electron chi connectivity index (χ0n) is 7.41. The minimum Gasteiger partial charge on any atom is -0.399 e. The van der Waals surface area contributed by atoms with Crippen LogP contribution in [0.5, 0.6) is 0 Å². The second-order valence-corrected chi connectivity index (χ2v) is 3.22. The Balaban J connectivity index is 2.57. The van der Waals surface area contributed by atoms with Crippen molar-refractivity contribution in [3.8, 4) is 0 Å². The van der Waals surface area contributed by atoms with E-state index in [1.807, 2.05) is 13.0 Å². The Morgan fingerprint density at radius 2 is 2.31 bits per heavy atom. The van der Waals surface area contributed by atoms with Crippen LogP contribution in [0.15, 0.2) is 18.2 Å². The molecule has 1 unspecified atom stereocenters. The van der Waals surface area contributed by atoms with E-state index in [1.165, 1.54) is 0 Å². The summed E-state index contributed by atoms with van der Waals surface area (Å²) in [5, 5.41) is 0. The van der Waals surface area contributed by atoms with Gasteiger partial charge in [-0.15, -0.1) is 0 Å². The van der Waals surface area contributed by atoms with Gasteiger partial charge in [0.1, 0.15) is 6.61 Å². The molecular weight excluding hydrogens is 166 g/mol. The molecule has 0 amide bonds. The van der Waals surface area contributed by atoms with Crippen molar-refractivity contribution in [1.29, 1.82) is 0 Å². The molecule has 0 radical (unpaired) electrons. The van der Waals surface area contributed by atoms with Crippen molar-refractivity contribution in [2.45, 2.75) is 13.0 Å². The largest absolute Gasteiger partial charge is 0.399 e. The number of Topliss-reactive ketones (excluding diaryl/α,β-unsaturated/α-hetero) is 1. The lowest BCUT2D eigenvalue weighted by molar-refractivity contribution is 0.0436. The zero-order chi connectivity index (χ0) is 9.42. The molecule has 2 N–H and O–H groups in total. The van der Waals surface area contributed by atoms with E-state index in [0.717, 1.165) is 5.56 Å². The fraction of sp³-hybridized carbons (Fsp3) is 0.300. The molecule has 0 fully saturated rings. The van der Waals surface area contributed by atoms with E-state index in [2.05, 4.69) is 0 Å². The predicted octanol–water partition coefficient (Wildman–Crippen LogP) is 1.54. The highest BCUT2D eigenvalue weighted by Crippen LogP contribution is 2.27. The van der Waals surface area contributed by atoms with E-state index < -0.39 is 0 Å². The SMILES string of the molecule is CC1OCC(=O)c2cc(N)ccc21. The number of anilines is 1. The van der Waals surface area contributed by atoms with Crippen molar-refractivity contribution >= 4 is 11.5 Å². The van der Waals surface area contributed by atoms with Gasteiger partial charge in [0.25, 0.3) is 0 Å². The maximum atomic E-state index is 11.4. The second-order valence-electron chi connectivity index (χ2n) is 3.22. The molecule has 1 atom stereocenters. The molecule has 3 heteroatoms. The molecule has 68 valence electrons. The van der Waals surface area contributed by atoms with Gasteiger partial charge in [-0.3, -0.25) is 4.79 Å². The van der Waals surface area contributed by atoms with Crippen LogP contribution in [0.2, 0.25) is 0 Å². The zero-order valence-corrected chi connectivity index (χ0v) is 7.41. The lowest BCUT2D eigenvalue weighted by Crippen LogP contribution is -2.21. The average molecular weight is 177 g/mol. The molecule has 0 aromatic heterocycles. The summed E-state index contributed by atoms with van der Waals surface area (Å²) in [6.07, 6.45) is -0.00620. The number of fused-ring (bicyclic) bond motifs is 1. The molecule has 0 aliphatic carbocycles. The quantitative estimate of drug-likeness (QED) is 0.611. The Bertz CT molecular complexity index is 360. The van der Waals surface area contributed by atoms with Crippen molar-refractivity contribution in [3.05, 3.63) is 29.3 Å². The molecule has 0 bridgehead atoms. The maximum absolute atomic E-state index is 11.4. The maximum Gasteiger partial charge on any atom is 0.188 e. The van der Waals surface area contributed by atoms with Gasteiger partial charge in [-0.25, -0.2) is 0 Å². The molecule has 2 rings (SSSR count). The number of carbonyl (C=O) groups excluding carboxylic acids is 1. The van der Waals surface area contributed by atoms with E-state index in [9.17, 15) is 4.79 Å². The van der Waals surface area contributed by atoms with Crippen LogP contribution in [-0.4, -0.2) is 12.4 Å². The number of benzene rings is 1. The van der Waals surface area contributed by atoms with Crippen LogP contribution < -0.4 is 5.73 Å². The number of nitrogens with two attached hydrogens (primary N) is 1. The predicted molar refractivity (Wildman–Crippen MR) is 49.6 cm³/mol. The summed E-state index contributed by atoms with van der Waals surface area (Å²) >= 11 is 0. The molecule has 13 heavy (non-hydrogen) atoms. The number of carbonyl (C=O) groups is 1. The number of ketones is 1. The van der Waals surface area contributed by atoms with Crippen LogP contribution in [0, 0.1) is 0 Å². The first kappa shape index (κ1) is 8.26. The highest BCUT2D eigenvalue weighted by molar-refractivity contribution is 6.00. The molecule has 1 aromatic carbocycles. The highest BCUT2D eigenvalue weighted by Gasteiger charge is 2.22. The standard InChI is InChI=1S/C10H11NO2/c1-6-8-3-2-7(11)4-9(8)10(12)5-13-6/h2-4,6H,5,11H2,1H3. The lowest BCUT2D eigenvalue weighted by atomic mass is 9.97. The topological polar surface area (TPSA) is 52.3 Å². The first-order chi connectivity index (χ1) is 6.18. The summed E-state index contributed by atoms with van der Waals surface area (Å²) in [5.74, 6) is 0.0143. The fourth-order valence-corrected chi connectivity index (χ4v) is 1.54. The Morgan fingerprint density at radius 1 is 1.54 bits per heavy atom. The molecule has 0 saturated carbocycles. The van der Waals surface area contributed by atoms with Gasteiger partial charge in [0.15, 0.2) is 5.78 Å². The summed E-state index contributed by atoms with van der Waals surface area (Å²) < 4.78 is 5.27. The molecule has 1 aliphatic rings. The minimum absolute atomic E-state index is 0.00620. The minimum atomic E-state index is -0.00620. The van der Waals surface area contributed by atoms with Crippen LogP contribution in [0.4, 0.5) is 5.69 Å². The number of ether oxygens (including phenoxy) is 1. The van der Waals surface area contributed by atoms with Gasteiger partial charge in [-0.2, -0.15) is 0 Å². The third kappa shape index (κ3) is 1.31. The van der Waals surface area contributed by atoms with Gasteiger partial charge in [-0.05, 0) is 24.6 Å². The highest BCUT2D eigenvalue weighted by atomic mass is 16.5. The number of hydrogen-bond donors (Lipinski definition) is 1. The Morgan fingerprint density at radius 3 is 3.08 bits per heavy atom. The van der Waals surface area contributed by atoms with Crippen LogP contribution in [0.1, 0.15) is 28.9 Å². The summed E-state index contributed by atoms with van der Waals surface area (Å²) in [6, 6.07) is 5.36. The molecule has 1 aromatic rings. The second kappa shape index (κ2) is 2.85. The fourth-order valence-electron chi connectivity index (χ4n) is 1.54. The van der Waals surface area contributed by atoms with Crippen molar-refractivity contribution < 1.29 is 9.53 Å². The Labute approximate surface area is 76.5 Å². The van der Waals surface area contributed by atoms with Crippen LogP contribution in [-0.2, 0) is 4.74 Å². The summed E-state index contributed by atoms with van der Waals surface area (Å²) in [7, 11) is 0.